The Morgan fingerprint density at radius 1 is 1.03 bits per heavy atom. The van der Waals surface area contributed by atoms with E-state index in [4.69, 9.17) is 25.4 Å². The molecule has 0 aliphatic carbocycles. The van der Waals surface area contributed by atoms with Crippen LogP contribution < -0.4 is 14.4 Å². The minimum Gasteiger partial charge on any atom is -0.467 e. The van der Waals surface area contributed by atoms with E-state index >= 15 is 4.39 Å². The smallest absolute Gasteiger partial charge is 0.412 e. The van der Waals surface area contributed by atoms with E-state index < -0.39 is 30.2 Å². The molecule has 2 bridgehead atoms. The van der Waals surface area contributed by atoms with Crippen LogP contribution in [0.15, 0.2) is 30.5 Å². The molecule has 2 aromatic heterocycles. The maximum Gasteiger partial charge on any atom is 0.412 e. The molecular weight excluding hydrogens is 818 g/mol. The lowest BCUT2D eigenvalue weighted by atomic mass is 9.95. The fourth-order valence-electron chi connectivity index (χ4n) is 8.18. The van der Waals surface area contributed by atoms with E-state index in [0.717, 1.165) is 38.5 Å². The van der Waals surface area contributed by atoms with Crippen LogP contribution in [-0.2, 0) is 19.1 Å². The molecule has 0 radical (unpaired) electrons. The number of unbranched alkanes of at least 4 members (excludes halogenated alkanes) is 1. The molecule has 4 unspecified atom stereocenters. The number of hydrogen-bond donors (Lipinski definition) is 0. The summed E-state index contributed by atoms with van der Waals surface area (Å²) in [5, 5.41) is 0.950. The number of benzene rings is 2. The molecule has 4 saturated heterocycles. The van der Waals surface area contributed by atoms with Gasteiger partial charge in [-0.3, -0.25) is 19.6 Å². The Labute approximate surface area is 367 Å². The molecule has 13 nitrogen and oxygen atoms in total. The van der Waals surface area contributed by atoms with Crippen LogP contribution in [0, 0.1) is 29.4 Å². The molecule has 63 heavy (non-hydrogen) atoms. The predicted octanol–water partition coefficient (Wildman–Crippen LogP) is 8.66. The van der Waals surface area contributed by atoms with Crippen LogP contribution in [-0.4, -0.2) is 115 Å². The Kier molecular flexibility index (Phi) is 16.7. The van der Waals surface area contributed by atoms with E-state index in [2.05, 4.69) is 53.5 Å². The number of aromatic nitrogens is 3. The fourth-order valence-corrected chi connectivity index (χ4v) is 8.18. The van der Waals surface area contributed by atoms with Crippen molar-refractivity contribution < 1.29 is 46.5 Å². The van der Waals surface area contributed by atoms with E-state index in [1.54, 1.807) is 11.8 Å². The Balaban J connectivity index is 0.000000324. The van der Waals surface area contributed by atoms with E-state index in [1.807, 2.05) is 11.8 Å². The molecule has 8 rings (SSSR count). The Bertz CT molecular complexity index is 2250. The number of fused-ring (bicyclic) bond motifs is 5. The number of anilines is 1. The van der Waals surface area contributed by atoms with Gasteiger partial charge in [0.25, 0.3) is 6.47 Å². The number of pyridine rings is 1. The molecule has 6 heterocycles. The number of amides is 1. The van der Waals surface area contributed by atoms with Crippen LogP contribution in [0.3, 0.4) is 0 Å². The number of halogens is 3. The maximum atomic E-state index is 16.5. The summed E-state index contributed by atoms with van der Waals surface area (Å²) in [6.07, 6.45) is 12.9. The van der Waals surface area contributed by atoms with Crippen LogP contribution in [0.1, 0.15) is 92.1 Å². The highest BCUT2D eigenvalue weighted by atomic mass is 19.1. The van der Waals surface area contributed by atoms with Crippen molar-refractivity contribution in [2.75, 3.05) is 45.3 Å². The molecule has 2 aromatic carbocycles. The zero-order valence-corrected chi connectivity index (χ0v) is 37.5. The van der Waals surface area contributed by atoms with Gasteiger partial charge < -0.3 is 28.6 Å². The third kappa shape index (κ3) is 11.9. The summed E-state index contributed by atoms with van der Waals surface area (Å²) in [7, 11) is 2.83. The first kappa shape index (κ1) is 48.5. The lowest BCUT2D eigenvalue weighted by Gasteiger charge is -2.41. The van der Waals surface area contributed by atoms with Crippen molar-refractivity contribution in [3.63, 3.8) is 0 Å². The van der Waals surface area contributed by atoms with Crippen molar-refractivity contribution in [1.82, 2.24) is 24.8 Å². The second kappa shape index (κ2) is 21.7. The van der Waals surface area contributed by atoms with E-state index in [-0.39, 0.29) is 58.0 Å². The molecule has 0 saturated carbocycles. The van der Waals surface area contributed by atoms with Gasteiger partial charge in [0.2, 0.25) is 6.29 Å². The first-order valence-electron chi connectivity index (χ1n) is 21.4. The molecule has 0 spiro atoms. The van der Waals surface area contributed by atoms with Crippen molar-refractivity contribution in [3.05, 3.63) is 47.7 Å². The highest BCUT2D eigenvalue weighted by Crippen LogP contribution is 2.40. The molecule has 0 N–H and O–H groups in total. The quantitative estimate of drug-likeness (QED) is 0.0905. The standard InChI is InChI=1S/C31H27F2N5O6.C7H12FN.C5H12.C4H8O/c1-5-21-24(32)9-6-17-10-20(43-15-39)11-22(25(17)21)27-26(33)28-23(12-34-27)29(36-30(35-28)42-4)37-13-18-7-8-19(14-37)38(18)31(40)44-16(2)41-3;8-6-4-7-2-1-3-9(7)5-6;1-5(2,3)4;1-2-3-4-5/h1,6,9-12,15-16,18-19H,7-8,13-14H2,2-4H3;6-7H,1-5H2;1-4H3;4H,2-3H2,1H3/t;6-,7?;;/m.1../s1. The van der Waals surface area contributed by atoms with Gasteiger partial charge in [0.15, 0.2) is 5.82 Å². The summed E-state index contributed by atoms with van der Waals surface area (Å²) < 4.78 is 64.8. The molecule has 16 heteroatoms. The van der Waals surface area contributed by atoms with Gasteiger partial charge in [0, 0.05) is 56.4 Å². The molecule has 1 amide bonds. The third-order valence-electron chi connectivity index (χ3n) is 10.9. The second-order valence-electron chi connectivity index (χ2n) is 17.5. The number of rotatable bonds is 9. The van der Waals surface area contributed by atoms with E-state index in [1.165, 1.54) is 57.5 Å². The van der Waals surface area contributed by atoms with Gasteiger partial charge in [-0.05, 0) is 81.0 Å². The SMILES string of the molecule is C#Cc1c(F)ccc2cc(OC=O)cc(-c3ncc4c(N5CC6CCC(C5)N6C(=O)OC(C)OC)nc(OC)nc4c3F)c12.CC(C)(C)C.CCCC=O.F[C@@H]1CC2CCCN2C1. The second-order valence-corrected chi connectivity index (χ2v) is 17.5. The van der Waals surface area contributed by atoms with Gasteiger partial charge in [0.05, 0.1) is 30.1 Å². The summed E-state index contributed by atoms with van der Waals surface area (Å²) in [6, 6.07) is 5.71. The van der Waals surface area contributed by atoms with Crippen molar-refractivity contribution >= 4 is 46.3 Å². The first-order chi connectivity index (χ1) is 30.0. The molecular formula is C47H59F3N6O7. The van der Waals surface area contributed by atoms with Crippen LogP contribution in [0.5, 0.6) is 11.8 Å². The van der Waals surface area contributed by atoms with Crippen LogP contribution in [0.4, 0.5) is 23.8 Å². The van der Waals surface area contributed by atoms with Crippen LogP contribution >= 0.6 is 0 Å². The van der Waals surface area contributed by atoms with Gasteiger partial charge in [0.1, 0.15) is 41.1 Å². The fraction of sp³-hybridized carbons (Fsp3) is 0.532. The van der Waals surface area contributed by atoms with E-state index in [9.17, 15) is 23.2 Å². The largest absolute Gasteiger partial charge is 0.467 e. The minimum atomic E-state index is -0.833. The average Bonchev–Trinajstić information content (AvgIpc) is 3.91. The number of ether oxygens (including phenoxy) is 4. The maximum absolute atomic E-state index is 16.5. The third-order valence-corrected chi connectivity index (χ3v) is 10.9. The number of terminal acetylenes is 1. The molecule has 5 atom stereocenters. The van der Waals surface area contributed by atoms with Crippen molar-refractivity contribution in [2.45, 2.75) is 117 Å². The first-order valence-corrected chi connectivity index (χ1v) is 21.4. The normalized spacial score (nSPS) is 20.5. The van der Waals surface area contributed by atoms with Gasteiger partial charge in [-0.25, -0.2) is 18.0 Å². The lowest BCUT2D eigenvalue weighted by molar-refractivity contribution is -0.120. The molecule has 4 fully saturated rings. The van der Waals surface area contributed by atoms with Crippen molar-refractivity contribution in [2.24, 2.45) is 5.41 Å². The van der Waals surface area contributed by atoms with Gasteiger partial charge in [-0.2, -0.15) is 9.97 Å². The number of methoxy groups -OCH3 is 2. The Morgan fingerprint density at radius 3 is 2.30 bits per heavy atom. The highest BCUT2D eigenvalue weighted by molar-refractivity contribution is 6.03. The molecule has 4 aromatic rings. The Hall–Kier alpha value is -5.53. The predicted molar refractivity (Wildman–Crippen MR) is 235 cm³/mol. The van der Waals surface area contributed by atoms with Crippen LogP contribution in [0.2, 0.25) is 0 Å². The van der Waals surface area contributed by atoms with Gasteiger partial charge in [-0.1, -0.05) is 46.6 Å². The van der Waals surface area contributed by atoms with Gasteiger partial charge in [-0.15, -0.1) is 6.42 Å². The Morgan fingerprint density at radius 2 is 1.73 bits per heavy atom. The summed E-state index contributed by atoms with van der Waals surface area (Å²) >= 11 is 0. The number of hydrogen-bond acceptors (Lipinski definition) is 12. The minimum absolute atomic E-state index is 0.0788. The molecule has 340 valence electrons. The van der Waals surface area contributed by atoms with Crippen molar-refractivity contribution in [3.8, 4) is 35.4 Å². The van der Waals surface area contributed by atoms with Gasteiger partial charge >= 0.3 is 12.1 Å². The number of piperazine rings is 1. The number of alkyl halides is 1. The average molecular weight is 877 g/mol. The zero-order valence-electron chi connectivity index (χ0n) is 37.5. The number of nitrogens with zero attached hydrogens (tertiary/aromatic N) is 6. The van der Waals surface area contributed by atoms with Crippen molar-refractivity contribution in [1.29, 1.82) is 0 Å². The molecule has 4 aliphatic heterocycles. The summed E-state index contributed by atoms with van der Waals surface area (Å²) in [4.78, 5) is 52.6. The summed E-state index contributed by atoms with van der Waals surface area (Å²) in [6.45, 7) is 15.3. The summed E-state index contributed by atoms with van der Waals surface area (Å²) in [5.74, 6) is 1.30. The lowest BCUT2D eigenvalue weighted by Crippen LogP contribution is -2.56. The van der Waals surface area contributed by atoms with E-state index in [0.29, 0.717) is 54.1 Å². The molecule has 4 aliphatic rings. The number of carbonyl (C=O) groups is 3. The number of carbonyl (C=O) groups excluding carboxylic acids is 3. The monoisotopic (exact) mass is 876 g/mol. The summed E-state index contributed by atoms with van der Waals surface area (Å²) in [5.41, 5.74) is 0.242. The topological polar surface area (TPSA) is 137 Å². The number of aldehydes is 1. The zero-order chi connectivity index (χ0) is 46.0. The highest BCUT2D eigenvalue weighted by Gasteiger charge is 2.45. The van der Waals surface area contributed by atoms with Crippen LogP contribution in [0.25, 0.3) is 32.9 Å².